The SMILES string of the molecule is O=C(OC(=O)c1ccc(I)c(I)c1I)c1ccc(I)c(I)c1I. The lowest BCUT2D eigenvalue weighted by Crippen LogP contribution is -2.16. The quantitative estimate of drug-likeness (QED) is 0.154. The zero-order valence-corrected chi connectivity index (χ0v) is 23.7. The molecule has 2 aromatic carbocycles. The van der Waals surface area contributed by atoms with E-state index in [4.69, 9.17) is 4.74 Å². The Labute approximate surface area is 214 Å². The van der Waals surface area contributed by atoms with Crippen molar-refractivity contribution in [2.75, 3.05) is 0 Å². The lowest BCUT2D eigenvalue weighted by atomic mass is 10.2. The minimum Gasteiger partial charge on any atom is -0.386 e. The van der Waals surface area contributed by atoms with E-state index in [1.54, 1.807) is 12.1 Å². The van der Waals surface area contributed by atoms with E-state index < -0.39 is 11.9 Å². The maximum Gasteiger partial charge on any atom is 0.347 e. The van der Waals surface area contributed by atoms with Gasteiger partial charge < -0.3 is 4.74 Å². The Hall–Kier alpha value is 1.96. The third-order valence-electron chi connectivity index (χ3n) is 2.70. The van der Waals surface area contributed by atoms with Crippen molar-refractivity contribution in [3.05, 3.63) is 56.8 Å². The number of carbonyl (C=O) groups excluding carboxylic acids is 2. The fourth-order valence-corrected chi connectivity index (χ4v) is 5.81. The van der Waals surface area contributed by atoms with Crippen LogP contribution in [0.2, 0.25) is 0 Å². The third-order valence-corrected chi connectivity index (χ3v) is 13.1. The van der Waals surface area contributed by atoms with Gasteiger partial charge in [-0.25, -0.2) is 9.59 Å². The van der Waals surface area contributed by atoms with Crippen molar-refractivity contribution in [3.63, 3.8) is 0 Å². The number of rotatable bonds is 2. The van der Waals surface area contributed by atoms with Gasteiger partial charge in [-0.2, -0.15) is 0 Å². The van der Waals surface area contributed by atoms with Gasteiger partial charge in [0.15, 0.2) is 0 Å². The number of halogens is 6. The lowest BCUT2D eigenvalue weighted by Gasteiger charge is -2.09. The Bertz CT molecular complexity index is 751. The van der Waals surface area contributed by atoms with Crippen LogP contribution in [0.5, 0.6) is 0 Å². The molecule has 0 unspecified atom stereocenters. The number of hydrogen-bond donors (Lipinski definition) is 0. The molecule has 0 atom stereocenters. The molecular weight excluding hydrogens is 978 g/mol. The summed E-state index contributed by atoms with van der Waals surface area (Å²) in [6.45, 7) is 0. The van der Waals surface area contributed by atoms with Crippen molar-refractivity contribution in [2.24, 2.45) is 0 Å². The van der Waals surface area contributed by atoms with Crippen LogP contribution in [-0.4, -0.2) is 11.9 Å². The Balaban J connectivity index is 2.29. The van der Waals surface area contributed by atoms with Crippen LogP contribution in [0.4, 0.5) is 0 Å². The van der Waals surface area contributed by atoms with E-state index in [1.165, 1.54) is 0 Å². The Morgan fingerprint density at radius 1 is 0.609 bits per heavy atom. The van der Waals surface area contributed by atoms with E-state index in [1.807, 2.05) is 12.1 Å². The van der Waals surface area contributed by atoms with Crippen LogP contribution in [0.15, 0.2) is 24.3 Å². The second-order valence-corrected chi connectivity index (χ2v) is 10.8. The van der Waals surface area contributed by atoms with Gasteiger partial charge >= 0.3 is 11.9 Å². The highest BCUT2D eigenvalue weighted by Crippen LogP contribution is 2.27. The number of hydrogen-bond acceptors (Lipinski definition) is 3. The smallest absolute Gasteiger partial charge is 0.347 e. The Morgan fingerprint density at radius 2 is 0.957 bits per heavy atom. The second-order valence-electron chi connectivity index (χ2n) is 4.12. The standard InChI is InChI=1S/C14H4I6O3/c15-7-3-1-5(9(17)11(7)19)13(21)23-14(22)6-2-4-8(16)12(20)10(6)18/h1-4H. The average Bonchev–Trinajstić information content (AvgIpc) is 2.50. The molecule has 0 heterocycles. The molecule has 0 saturated carbocycles. The zero-order chi connectivity index (χ0) is 17.3. The van der Waals surface area contributed by atoms with Gasteiger partial charge in [0.1, 0.15) is 0 Å². The van der Waals surface area contributed by atoms with Crippen molar-refractivity contribution in [1.29, 1.82) is 0 Å². The maximum atomic E-state index is 12.3. The van der Waals surface area contributed by atoms with E-state index in [9.17, 15) is 9.59 Å². The molecule has 23 heavy (non-hydrogen) atoms. The highest BCUT2D eigenvalue weighted by molar-refractivity contribution is 14.1. The van der Waals surface area contributed by atoms with Gasteiger partial charge in [-0.3, -0.25) is 0 Å². The monoisotopic (exact) mass is 981 g/mol. The molecule has 0 aromatic heterocycles. The molecule has 9 heteroatoms. The molecule has 2 aromatic rings. The zero-order valence-electron chi connectivity index (χ0n) is 10.8. The molecule has 0 N–H and O–H groups in total. The van der Waals surface area contributed by atoms with E-state index in [0.717, 1.165) is 21.4 Å². The molecule has 0 spiro atoms. The molecule has 0 radical (unpaired) electrons. The van der Waals surface area contributed by atoms with Crippen LogP contribution < -0.4 is 0 Å². The molecule has 0 aliphatic heterocycles. The fourth-order valence-electron chi connectivity index (χ4n) is 1.56. The topological polar surface area (TPSA) is 43.4 Å². The summed E-state index contributed by atoms with van der Waals surface area (Å²) >= 11 is 12.9. The predicted octanol–water partition coefficient (Wildman–Crippen LogP) is 6.31. The normalized spacial score (nSPS) is 10.5. The van der Waals surface area contributed by atoms with Gasteiger partial charge in [-0.15, -0.1) is 0 Å². The van der Waals surface area contributed by atoms with Crippen molar-refractivity contribution in [1.82, 2.24) is 0 Å². The van der Waals surface area contributed by atoms with Gasteiger partial charge in [0, 0.05) is 21.4 Å². The lowest BCUT2D eigenvalue weighted by molar-refractivity contribution is 0.0396. The molecule has 0 aliphatic carbocycles. The van der Waals surface area contributed by atoms with Gasteiger partial charge in [0.05, 0.1) is 11.1 Å². The van der Waals surface area contributed by atoms with E-state index in [0.29, 0.717) is 11.1 Å². The molecule has 0 amide bonds. The highest BCUT2D eigenvalue weighted by atomic mass is 127. The highest BCUT2D eigenvalue weighted by Gasteiger charge is 2.22. The maximum absolute atomic E-state index is 12.3. The molecule has 3 nitrogen and oxygen atoms in total. The summed E-state index contributed by atoms with van der Waals surface area (Å²) < 4.78 is 10.7. The summed E-state index contributed by atoms with van der Waals surface area (Å²) in [4.78, 5) is 24.6. The van der Waals surface area contributed by atoms with Crippen LogP contribution >= 0.6 is 136 Å². The van der Waals surface area contributed by atoms with E-state index in [2.05, 4.69) is 136 Å². The Morgan fingerprint density at radius 3 is 1.30 bits per heavy atom. The molecular formula is C14H4I6O3. The van der Waals surface area contributed by atoms with Crippen LogP contribution in [-0.2, 0) is 4.74 Å². The number of ether oxygens (including phenoxy) is 1. The summed E-state index contributed by atoms with van der Waals surface area (Å²) in [6, 6.07) is 7.04. The average molecular weight is 982 g/mol. The van der Waals surface area contributed by atoms with Gasteiger partial charge in [0.25, 0.3) is 0 Å². The first-order valence-electron chi connectivity index (χ1n) is 5.77. The predicted molar refractivity (Wildman–Crippen MR) is 139 cm³/mol. The van der Waals surface area contributed by atoms with Crippen molar-refractivity contribution in [3.8, 4) is 0 Å². The molecule has 0 saturated heterocycles. The first-order valence-corrected chi connectivity index (χ1v) is 12.2. The van der Waals surface area contributed by atoms with Gasteiger partial charge in [-0.05, 0) is 160 Å². The van der Waals surface area contributed by atoms with Crippen LogP contribution in [0.25, 0.3) is 0 Å². The second kappa shape index (κ2) is 9.25. The van der Waals surface area contributed by atoms with Crippen LogP contribution in [0.1, 0.15) is 20.7 Å². The van der Waals surface area contributed by atoms with Crippen molar-refractivity contribution >= 4 is 147 Å². The molecule has 0 fully saturated rings. The first kappa shape index (κ1) is 21.3. The third kappa shape index (κ3) is 5.02. The number of carbonyl (C=O) groups is 2. The van der Waals surface area contributed by atoms with Gasteiger partial charge in [0.2, 0.25) is 0 Å². The van der Waals surface area contributed by atoms with Crippen molar-refractivity contribution in [2.45, 2.75) is 0 Å². The molecule has 2 rings (SSSR count). The largest absolute Gasteiger partial charge is 0.386 e. The van der Waals surface area contributed by atoms with Crippen molar-refractivity contribution < 1.29 is 14.3 Å². The van der Waals surface area contributed by atoms with E-state index >= 15 is 0 Å². The molecule has 0 aliphatic rings. The number of esters is 2. The summed E-state index contributed by atoms with van der Waals surface area (Å²) in [6.07, 6.45) is 0. The number of benzene rings is 2. The molecule has 0 bridgehead atoms. The summed E-state index contributed by atoms with van der Waals surface area (Å²) in [5.41, 5.74) is 0.804. The molecule has 120 valence electrons. The summed E-state index contributed by atoms with van der Waals surface area (Å²) in [5, 5.41) is 0. The van der Waals surface area contributed by atoms with Gasteiger partial charge in [-0.1, -0.05) is 0 Å². The summed E-state index contributed by atoms with van der Waals surface area (Å²) in [7, 11) is 0. The first-order chi connectivity index (χ1) is 10.7. The summed E-state index contributed by atoms with van der Waals surface area (Å²) in [5.74, 6) is -1.25. The van der Waals surface area contributed by atoms with Crippen LogP contribution in [0, 0.1) is 21.4 Å². The Kier molecular flexibility index (Phi) is 8.55. The fraction of sp³-hybridized carbons (Fsp3) is 0. The van der Waals surface area contributed by atoms with Crippen LogP contribution in [0.3, 0.4) is 0 Å². The minimum absolute atomic E-state index is 0.402. The van der Waals surface area contributed by atoms with E-state index in [-0.39, 0.29) is 0 Å². The minimum atomic E-state index is -0.627.